The van der Waals surface area contributed by atoms with E-state index in [2.05, 4.69) is 0 Å². The third kappa shape index (κ3) is 2.17. The molecule has 0 saturated heterocycles. The number of aliphatic hydroxyl groups is 1. The van der Waals surface area contributed by atoms with E-state index in [9.17, 15) is 13.2 Å². The topological polar surface area (TPSA) is 29.5 Å². The molecule has 0 unspecified atom stereocenters. The molecule has 0 spiro atoms. The van der Waals surface area contributed by atoms with E-state index in [4.69, 9.17) is 9.84 Å². The van der Waals surface area contributed by atoms with Crippen molar-refractivity contribution >= 4 is 0 Å². The smallest absolute Gasteiger partial charge is 0.416 e. The van der Waals surface area contributed by atoms with Gasteiger partial charge in [0, 0.05) is 5.56 Å². The number of benzene rings is 1. The molecule has 1 aromatic carbocycles. The first-order valence-electron chi connectivity index (χ1n) is 3.84. The Bertz CT molecular complexity index is 320. The molecule has 0 amide bonds. The van der Waals surface area contributed by atoms with Crippen LogP contribution in [0.4, 0.5) is 13.2 Å². The number of ether oxygens (including phenoxy) is 1. The molecular formula is C9H9F3O2. The van der Waals surface area contributed by atoms with Gasteiger partial charge in [-0.2, -0.15) is 13.2 Å². The van der Waals surface area contributed by atoms with Crippen LogP contribution in [0.15, 0.2) is 18.2 Å². The van der Waals surface area contributed by atoms with Gasteiger partial charge in [0.1, 0.15) is 5.75 Å². The fraction of sp³-hybridized carbons (Fsp3) is 0.333. The van der Waals surface area contributed by atoms with Crippen molar-refractivity contribution in [3.05, 3.63) is 29.3 Å². The Balaban J connectivity index is 3.14. The van der Waals surface area contributed by atoms with Gasteiger partial charge in [0.25, 0.3) is 0 Å². The van der Waals surface area contributed by atoms with Crippen LogP contribution in [0.2, 0.25) is 0 Å². The van der Waals surface area contributed by atoms with E-state index < -0.39 is 18.3 Å². The average molecular weight is 206 g/mol. The van der Waals surface area contributed by atoms with Crippen LogP contribution < -0.4 is 4.74 Å². The zero-order chi connectivity index (χ0) is 10.8. The lowest BCUT2D eigenvalue weighted by molar-refractivity contribution is -0.137. The van der Waals surface area contributed by atoms with Crippen LogP contribution in [-0.4, -0.2) is 12.2 Å². The van der Waals surface area contributed by atoms with Crippen molar-refractivity contribution < 1.29 is 23.0 Å². The van der Waals surface area contributed by atoms with Crippen LogP contribution in [0, 0.1) is 0 Å². The fourth-order valence-corrected chi connectivity index (χ4v) is 1.08. The highest BCUT2D eigenvalue weighted by Crippen LogP contribution is 2.32. The zero-order valence-electron chi connectivity index (χ0n) is 7.43. The molecule has 14 heavy (non-hydrogen) atoms. The van der Waals surface area contributed by atoms with Crippen molar-refractivity contribution in [3.8, 4) is 5.75 Å². The molecule has 2 nitrogen and oxygen atoms in total. The predicted molar refractivity (Wildman–Crippen MR) is 43.9 cm³/mol. The lowest BCUT2D eigenvalue weighted by atomic mass is 10.1. The second kappa shape index (κ2) is 3.88. The Kier molecular flexibility index (Phi) is 3.00. The van der Waals surface area contributed by atoms with Crippen LogP contribution >= 0.6 is 0 Å². The molecule has 0 aliphatic rings. The van der Waals surface area contributed by atoms with E-state index in [1.165, 1.54) is 13.2 Å². The van der Waals surface area contributed by atoms with Crippen molar-refractivity contribution in [2.45, 2.75) is 12.8 Å². The normalized spacial score (nSPS) is 11.5. The first-order valence-corrected chi connectivity index (χ1v) is 3.84. The van der Waals surface area contributed by atoms with Gasteiger partial charge in [0.05, 0.1) is 19.3 Å². The maximum absolute atomic E-state index is 12.2. The molecule has 1 rings (SSSR count). The summed E-state index contributed by atoms with van der Waals surface area (Å²) in [5.41, 5.74) is -0.662. The van der Waals surface area contributed by atoms with Gasteiger partial charge >= 0.3 is 6.18 Å². The van der Waals surface area contributed by atoms with Crippen molar-refractivity contribution in [3.63, 3.8) is 0 Å². The summed E-state index contributed by atoms with van der Waals surface area (Å²) in [5.74, 6) is 0.250. The van der Waals surface area contributed by atoms with Crippen LogP contribution in [0.5, 0.6) is 5.75 Å². The van der Waals surface area contributed by atoms with Crippen molar-refractivity contribution in [2.75, 3.05) is 7.11 Å². The SMILES string of the molecule is COc1ccc(C(F)(F)F)cc1CO. The predicted octanol–water partition coefficient (Wildman–Crippen LogP) is 2.21. The Morgan fingerprint density at radius 1 is 1.36 bits per heavy atom. The molecule has 0 fully saturated rings. The number of methoxy groups -OCH3 is 1. The van der Waals surface area contributed by atoms with Crippen molar-refractivity contribution in [1.29, 1.82) is 0 Å². The average Bonchev–Trinajstić information content (AvgIpc) is 2.15. The van der Waals surface area contributed by atoms with Gasteiger partial charge < -0.3 is 9.84 Å². The molecule has 1 N–H and O–H groups in total. The minimum absolute atomic E-state index is 0.127. The molecule has 0 atom stereocenters. The zero-order valence-corrected chi connectivity index (χ0v) is 7.43. The number of alkyl halides is 3. The Labute approximate surface area is 78.9 Å². The molecule has 0 heterocycles. The largest absolute Gasteiger partial charge is 0.496 e. The Morgan fingerprint density at radius 3 is 2.43 bits per heavy atom. The van der Waals surface area contributed by atoms with E-state index >= 15 is 0 Å². The van der Waals surface area contributed by atoms with E-state index in [-0.39, 0.29) is 11.3 Å². The second-order valence-electron chi connectivity index (χ2n) is 2.68. The summed E-state index contributed by atoms with van der Waals surface area (Å²) in [7, 11) is 1.34. The molecule has 0 aliphatic carbocycles. The Morgan fingerprint density at radius 2 is 2.00 bits per heavy atom. The molecule has 0 aliphatic heterocycles. The van der Waals surface area contributed by atoms with E-state index in [1.54, 1.807) is 0 Å². The molecule has 1 aromatic rings. The summed E-state index contributed by atoms with van der Waals surface area (Å²) >= 11 is 0. The molecule has 0 bridgehead atoms. The van der Waals surface area contributed by atoms with Crippen LogP contribution in [0.25, 0.3) is 0 Å². The Hall–Kier alpha value is -1.23. The number of hydrogen-bond acceptors (Lipinski definition) is 2. The lowest BCUT2D eigenvalue weighted by Gasteiger charge is -2.10. The molecule has 0 saturated carbocycles. The number of halogens is 3. The molecule has 78 valence electrons. The third-order valence-electron chi connectivity index (χ3n) is 1.78. The fourth-order valence-electron chi connectivity index (χ4n) is 1.08. The molecule has 0 radical (unpaired) electrons. The van der Waals surface area contributed by atoms with Gasteiger partial charge in [-0.05, 0) is 18.2 Å². The van der Waals surface area contributed by atoms with E-state index in [1.807, 2.05) is 0 Å². The quantitative estimate of drug-likeness (QED) is 0.803. The van der Waals surface area contributed by atoms with Gasteiger partial charge in [0.15, 0.2) is 0 Å². The van der Waals surface area contributed by atoms with Crippen LogP contribution in [-0.2, 0) is 12.8 Å². The highest BCUT2D eigenvalue weighted by molar-refractivity contribution is 5.37. The summed E-state index contributed by atoms with van der Waals surface area (Å²) in [6.07, 6.45) is -4.39. The maximum Gasteiger partial charge on any atom is 0.416 e. The van der Waals surface area contributed by atoms with Gasteiger partial charge in [-0.15, -0.1) is 0 Å². The first kappa shape index (κ1) is 10.8. The van der Waals surface area contributed by atoms with E-state index in [0.717, 1.165) is 12.1 Å². The van der Waals surface area contributed by atoms with E-state index in [0.29, 0.717) is 0 Å². The number of hydrogen-bond donors (Lipinski definition) is 1. The maximum atomic E-state index is 12.2. The summed E-state index contributed by atoms with van der Waals surface area (Å²) in [4.78, 5) is 0. The standard InChI is InChI=1S/C9H9F3O2/c1-14-8-3-2-7(9(10,11)12)4-6(8)5-13/h2-4,13H,5H2,1H3. The lowest BCUT2D eigenvalue weighted by Crippen LogP contribution is -2.06. The summed E-state index contributed by atoms with van der Waals surface area (Å²) in [6, 6.07) is 2.98. The minimum Gasteiger partial charge on any atom is -0.496 e. The van der Waals surface area contributed by atoms with Gasteiger partial charge in [-0.3, -0.25) is 0 Å². The minimum atomic E-state index is -4.39. The summed E-state index contributed by atoms with van der Waals surface area (Å²) in [5, 5.41) is 8.79. The van der Waals surface area contributed by atoms with Crippen molar-refractivity contribution in [2.24, 2.45) is 0 Å². The number of rotatable bonds is 2. The first-order chi connectivity index (χ1) is 6.49. The van der Waals surface area contributed by atoms with Crippen LogP contribution in [0.1, 0.15) is 11.1 Å². The summed E-state index contributed by atoms with van der Waals surface area (Å²) in [6.45, 7) is -0.479. The van der Waals surface area contributed by atoms with Crippen LogP contribution in [0.3, 0.4) is 0 Å². The highest BCUT2D eigenvalue weighted by atomic mass is 19.4. The highest BCUT2D eigenvalue weighted by Gasteiger charge is 2.30. The van der Waals surface area contributed by atoms with Gasteiger partial charge in [-0.25, -0.2) is 0 Å². The van der Waals surface area contributed by atoms with Gasteiger partial charge in [-0.1, -0.05) is 0 Å². The molecular weight excluding hydrogens is 197 g/mol. The number of aliphatic hydroxyl groups excluding tert-OH is 1. The summed E-state index contributed by atoms with van der Waals surface area (Å²) < 4.78 is 41.4. The third-order valence-corrected chi connectivity index (χ3v) is 1.78. The monoisotopic (exact) mass is 206 g/mol. The molecule has 5 heteroatoms. The second-order valence-corrected chi connectivity index (χ2v) is 2.68. The molecule has 0 aromatic heterocycles. The van der Waals surface area contributed by atoms with Crippen molar-refractivity contribution in [1.82, 2.24) is 0 Å². The van der Waals surface area contributed by atoms with Gasteiger partial charge in [0.2, 0.25) is 0 Å².